The molecule has 0 aliphatic rings. The molecular weight excluding hydrogens is 474 g/mol. The average molecular weight is 516 g/mol. The lowest BCUT2D eigenvalue weighted by Gasteiger charge is -2.25. The van der Waals surface area contributed by atoms with Gasteiger partial charge in [0.15, 0.2) is 0 Å². The Morgan fingerprint density at radius 1 is 0.722 bits per heavy atom. The zero-order chi connectivity index (χ0) is 27.8. The maximum Gasteiger partial charge on any atom is 0.326 e. The molecule has 0 rings (SSSR count). The van der Waals surface area contributed by atoms with Crippen LogP contribution in [0.2, 0.25) is 0 Å². The van der Waals surface area contributed by atoms with E-state index < -0.39 is 59.7 Å². The summed E-state index contributed by atoms with van der Waals surface area (Å²) in [6.07, 6.45) is 0.799. The molecule has 0 aromatic rings. The Morgan fingerprint density at radius 3 is 1.67 bits per heavy atom. The van der Waals surface area contributed by atoms with Crippen molar-refractivity contribution in [3.05, 3.63) is 0 Å². The van der Waals surface area contributed by atoms with Crippen LogP contribution in [0.5, 0.6) is 0 Å². The summed E-state index contributed by atoms with van der Waals surface area (Å²) in [6.45, 7) is 3.94. The predicted molar refractivity (Wildman–Crippen MR) is 131 cm³/mol. The molecule has 14 nitrogen and oxygen atoms in total. The first-order valence-electron chi connectivity index (χ1n) is 11.9. The molecule has 0 aromatic carbocycles. The normalized spacial score (nSPS) is 14.2. The van der Waals surface area contributed by atoms with Gasteiger partial charge in [-0.3, -0.25) is 24.0 Å². The topological polar surface area (TPSA) is 263 Å². The first-order chi connectivity index (χ1) is 16.8. The molecule has 0 heterocycles. The fourth-order valence-corrected chi connectivity index (χ4v) is 3.26. The highest BCUT2D eigenvalue weighted by atomic mass is 16.4. The van der Waals surface area contributed by atoms with Crippen LogP contribution in [0.25, 0.3) is 0 Å². The summed E-state index contributed by atoms with van der Waals surface area (Å²) < 4.78 is 0. The van der Waals surface area contributed by atoms with Crippen LogP contribution in [0.15, 0.2) is 0 Å². The van der Waals surface area contributed by atoms with E-state index >= 15 is 0 Å². The molecule has 0 aliphatic heterocycles. The molecule has 0 saturated carbocycles. The number of carbonyl (C=O) groups excluding carboxylic acids is 5. The standard InChI is InChI=1S/C22H41N7O7/c1-12(2)11-16(22(35)36)29-21(34)15(7-9-18(26)31)28-20(33)14(5-3-4-10-23)27-19(32)13(24)6-8-17(25)30/h12-16H,3-11,23-24H2,1-2H3,(H2,25,30)(H2,26,31)(H,27,32)(H,28,33)(H,29,34)(H,35,36). The minimum Gasteiger partial charge on any atom is -0.480 e. The molecule has 0 aliphatic carbocycles. The molecule has 0 fully saturated rings. The zero-order valence-corrected chi connectivity index (χ0v) is 21.0. The first kappa shape index (κ1) is 32.7. The number of nitrogens with one attached hydrogen (secondary N) is 3. The summed E-state index contributed by atoms with van der Waals surface area (Å²) in [6, 6.07) is -4.67. The van der Waals surface area contributed by atoms with E-state index in [2.05, 4.69) is 16.0 Å². The Hall–Kier alpha value is -3.26. The highest BCUT2D eigenvalue weighted by molar-refractivity contribution is 5.94. The van der Waals surface area contributed by atoms with Crippen LogP contribution in [0.1, 0.15) is 65.2 Å². The van der Waals surface area contributed by atoms with E-state index in [0.717, 1.165) is 0 Å². The van der Waals surface area contributed by atoms with Crippen molar-refractivity contribution in [2.75, 3.05) is 6.54 Å². The van der Waals surface area contributed by atoms with Crippen molar-refractivity contribution in [3.63, 3.8) is 0 Å². The second kappa shape index (κ2) is 17.2. The third-order valence-electron chi connectivity index (χ3n) is 5.25. The van der Waals surface area contributed by atoms with E-state index in [-0.39, 0.29) is 44.4 Å². The van der Waals surface area contributed by atoms with Crippen LogP contribution < -0.4 is 38.9 Å². The van der Waals surface area contributed by atoms with Crippen LogP contribution in [-0.2, 0) is 28.8 Å². The van der Waals surface area contributed by atoms with E-state index in [1.54, 1.807) is 13.8 Å². The molecule has 36 heavy (non-hydrogen) atoms. The molecule has 5 amide bonds. The number of primary amides is 2. The van der Waals surface area contributed by atoms with Gasteiger partial charge >= 0.3 is 5.97 Å². The first-order valence-corrected chi connectivity index (χ1v) is 11.9. The van der Waals surface area contributed by atoms with Crippen LogP contribution in [0.4, 0.5) is 0 Å². The van der Waals surface area contributed by atoms with E-state index in [1.165, 1.54) is 0 Å². The van der Waals surface area contributed by atoms with Gasteiger partial charge in [0.05, 0.1) is 6.04 Å². The Morgan fingerprint density at radius 2 is 1.19 bits per heavy atom. The van der Waals surface area contributed by atoms with Gasteiger partial charge in [-0.05, 0) is 51.0 Å². The number of carboxylic acids is 1. The number of hydrogen-bond donors (Lipinski definition) is 8. The predicted octanol–water partition coefficient (Wildman–Crippen LogP) is -2.44. The maximum atomic E-state index is 13.0. The molecule has 0 bridgehead atoms. The molecule has 0 saturated heterocycles. The van der Waals surface area contributed by atoms with Gasteiger partial charge in [0, 0.05) is 12.8 Å². The lowest BCUT2D eigenvalue weighted by Crippen LogP contribution is -2.57. The van der Waals surface area contributed by atoms with Gasteiger partial charge in [-0.15, -0.1) is 0 Å². The molecule has 206 valence electrons. The van der Waals surface area contributed by atoms with Crippen LogP contribution in [0, 0.1) is 5.92 Å². The molecule has 0 aromatic heterocycles. The van der Waals surface area contributed by atoms with Crippen molar-refractivity contribution in [3.8, 4) is 0 Å². The number of hydrogen-bond acceptors (Lipinski definition) is 8. The highest BCUT2D eigenvalue weighted by Gasteiger charge is 2.30. The number of amides is 5. The third kappa shape index (κ3) is 14.2. The minimum absolute atomic E-state index is 0.0195. The fraction of sp³-hybridized carbons (Fsp3) is 0.727. The Balaban J connectivity index is 5.57. The van der Waals surface area contributed by atoms with Gasteiger partial charge in [-0.1, -0.05) is 13.8 Å². The molecule has 4 atom stereocenters. The lowest BCUT2D eigenvalue weighted by molar-refractivity contribution is -0.143. The summed E-state index contributed by atoms with van der Waals surface area (Å²) >= 11 is 0. The Bertz CT molecular complexity index is 776. The number of aliphatic carboxylic acids is 1. The van der Waals surface area contributed by atoms with Gasteiger partial charge in [0.1, 0.15) is 18.1 Å². The number of carbonyl (C=O) groups is 6. The van der Waals surface area contributed by atoms with Crippen molar-refractivity contribution in [1.29, 1.82) is 0 Å². The summed E-state index contributed by atoms with van der Waals surface area (Å²) in [5.74, 6) is -4.85. The molecular formula is C22H41N7O7. The quantitative estimate of drug-likeness (QED) is 0.0848. The van der Waals surface area contributed by atoms with E-state index in [1.807, 2.05) is 0 Å². The molecule has 12 N–H and O–H groups in total. The molecule has 0 radical (unpaired) electrons. The van der Waals surface area contributed by atoms with Gasteiger partial charge in [0.25, 0.3) is 0 Å². The largest absolute Gasteiger partial charge is 0.480 e. The second-order valence-corrected chi connectivity index (χ2v) is 9.05. The SMILES string of the molecule is CC(C)CC(NC(=O)C(CCC(N)=O)NC(=O)C(CCCCN)NC(=O)C(N)CCC(N)=O)C(=O)O. The summed E-state index contributed by atoms with van der Waals surface area (Å²) in [5.41, 5.74) is 21.5. The average Bonchev–Trinajstić information content (AvgIpc) is 2.78. The Labute approximate surface area is 210 Å². The van der Waals surface area contributed by atoms with Crippen molar-refractivity contribution in [1.82, 2.24) is 16.0 Å². The van der Waals surface area contributed by atoms with E-state index in [0.29, 0.717) is 19.4 Å². The molecule has 14 heteroatoms. The van der Waals surface area contributed by atoms with Crippen LogP contribution in [-0.4, -0.2) is 71.3 Å². The number of nitrogens with two attached hydrogens (primary N) is 4. The molecule has 4 unspecified atom stereocenters. The van der Waals surface area contributed by atoms with Crippen LogP contribution >= 0.6 is 0 Å². The summed E-state index contributed by atoms with van der Waals surface area (Å²) in [7, 11) is 0. The maximum absolute atomic E-state index is 13.0. The second-order valence-electron chi connectivity index (χ2n) is 9.05. The minimum atomic E-state index is -1.28. The summed E-state index contributed by atoms with van der Waals surface area (Å²) in [5, 5.41) is 16.8. The van der Waals surface area contributed by atoms with Gasteiger partial charge in [0.2, 0.25) is 29.5 Å². The number of rotatable bonds is 19. The third-order valence-corrected chi connectivity index (χ3v) is 5.25. The fourth-order valence-electron chi connectivity index (χ4n) is 3.26. The van der Waals surface area contributed by atoms with Crippen molar-refractivity contribution in [2.24, 2.45) is 28.9 Å². The number of carboxylic acid groups (broad SMARTS) is 1. The van der Waals surface area contributed by atoms with Crippen molar-refractivity contribution >= 4 is 35.5 Å². The smallest absolute Gasteiger partial charge is 0.326 e. The van der Waals surface area contributed by atoms with E-state index in [9.17, 15) is 33.9 Å². The van der Waals surface area contributed by atoms with Gasteiger partial charge in [-0.25, -0.2) is 4.79 Å². The van der Waals surface area contributed by atoms with Crippen molar-refractivity contribution < 1.29 is 33.9 Å². The van der Waals surface area contributed by atoms with Crippen molar-refractivity contribution in [2.45, 2.75) is 89.4 Å². The van der Waals surface area contributed by atoms with Gasteiger partial charge < -0.3 is 44.0 Å². The summed E-state index contributed by atoms with van der Waals surface area (Å²) in [4.78, 5) is 72.1. The van der Waals surface area contributed by atoms with E-state index in [4.69, 9.17) is 22.9 Å². The van der Waals surface area contributed by atoms with Gasteiger partial charge in [-0.2, -0.15) is 0 Å². The Kier molecular flexibility index (Phi) is 15.7. The monoisotopic (exact) mass is 515 g/mol. The highest BCUT2D eigenvalue weighted by Crippen LogP contribution is 2.08. The number of unbranched alkanes of at least 4 members (excludes halogenated alkanes) is 1. The zero-order valence-electron chi connectivity index (χ0n) is 21.0. The molecule has 0 spiro atoms. The lowest BCUT2D eigenvalue weighted by atomic mass is 10.0. The van der Waals surface area contributed by atoms with Crippen LogP contribution in [0.3, 0.4) is 0 Å².